The summed E-state index contributed by atoms with van der Waals surface area (Å²) in [6, 6.07) is 3.87. The number of halogens is 1. The van der Waals surface area contributed by atoms with Gasteiger partial charge < -0.3 is 4.42 Å². The quantitative estimate of drug-likeness (QED) is 0.759. The Labute approximate surface area is 125 Å². The van der Waals surface area contributed by atoms with Crippen molar-refractivity contribution in [3.63, 3.8) is 0 Å². The molecule has 0 saturated carbocycles. The molecule has 4 nitrogen and oxygen atoms in total. The third-order valence-corrected chi connectivity index (χ3v) is 4.43. The highest BCUT2D eigenvalue weighted by Gasteiger charge is 2.17. The van der Waals surface area contributed by atoms with E-state index < -0.39 is 0 Å². The normalized spacial score (nSPS) is 12.9. The molecule has 6 heteroatoms. The average molecular weight is 342 g/mol. The van der Waals surface area contributed by atoms with Crippen LogP contribution in [-0.2, 0) is 6.42 Å². The molecule has 1 atom stereocenters. The van der Waals surface area contributed by atoms with Gasteiger partial charge in [-0.1, -0.05) is 25.6 Å². The van der Waals surface area contributed by atoms with Crippen molar-refractivity contribution in [2.24, 2.45) is 5.92 Å². The SMILES string of the molecule is CC(C)Cc1nnc([C@H](C)Sc2ncccc2Br)o1. The summed E-state index contributed by atoms with van der Waals surface area (Å²) in [6.07, 6.45) is 2.59. The van der Waals surface area contributed by atoms with Crippen molar-refractivity contribution >= 4 is 27.7 Å². The molecule has 0 aromatic carbocycles. The molecule has 0 radical (unpaired) electrons. The van der Waals surface area contributed by atoms with Crippen LogP contribution in [0.3, 0.4) is 0 Å². The van der Waals surface area contributed by atoms with Crippen LogP contribution in [0.15, 0.2) is 32.2 Å². The first-order chi connectivity index (χ1) is 9.06. The van der Waals surface area contributed by atoms with E-state index in [1.807, 2.05) is 19.1 Å². The van der Waals surface area contributed by atoms with E-state index in [1.165, 1.54) is 0 Å². The fraction of sp³-hybridized carbons (Fsp3) is 0.462. The molecule has 0 aliphatic rings. The number of nitrogens with zero attached hydrogens (tertiary/aromatic N) is 3. The third kappa shape index (κ3) is 4.04. The second-order valence-electron chi connectivity index (χ2n) is 4.68. The molecule has 0 fully saturated rings. The number of hydrogen-bond acceptors (Lipinski definition) is 5. The lowest BCUT2D eigenvalue weighted by molar-refractivity contribution is 0.426. The van der Waals surface area contributed by atoms with Crippen LogP contribution in [0.5, 0.6) is 0 Å². The second-order valence-corrected chi connectivity index (χ2v) is 6.87. The van der Waals surface area contributed by atoms with Gasteiger partial charge in [0.2, 0.25) is 11.8 Å². The molecule has 0 N–H and O–H groups in total. The van der Waals surface area contributed by atoms with Gasteiger partial charge in [0.15, 0.2) is 0 Å². The van der Waals surface area contributed by atoms with Gasteiger partial charge in [-0.3, -0.25) is 0 Å². The van der Waals surface area contributed by atoms with E-state index in [2.05, 4.69) is 45.0 Å². The lowest BCUT2D eigenvalue weighted by Crippen LogP contribution is -1.93. The Morgan fingerprint density at radius 3 is 2.79 bits per heavy atom. The molecule has 19 heavy (non-hydrogen) atoms. The number of rotatable bonds is 5. The summed E-state index contributed by atoms with van der Waals surface area (Å²) in [7, 11) is 0. The van der Waals surface area contributed by atoms with E-state index in [9.17, 15) is 0 Å². The lowest BCUT2D eigenvalue weighted by atomic mass is 10.1. The van der Waals surface area contributed by atoms with E-state index in [-0.39, 0.29) is 5.25 Å². The molecule has 0 aliphatic carbocycles. The predicted octanol–water partition coefficient (Wildman–Crippen LogP) is 4.28. The molecule has 2 aromatic heterocycles. The first-order valence-corrected chi connectivity index (χ1v) is 7.83. The molecule has 0 aliphatic heterocycles. The summed E-state index contributed by atoms with van der Waals surface area (Å²) in [5.41, 5.74) is 0. The van der Waals surface area contributed by atoms with Crippen LogP contribution in [0.25, 0.3) is 0 Å². The van der Waals surface area contributed by atoms with Crippen LogP contribution in [0.1, 0.15) is 37.8 Å². The van der Waals surface area contributed by atoms with Crippen molar-refractivity contribution in [1.82, 2.24) is 15.2 Å². The topological polar surface area (TPSA) is 51.8 Å². The Kier molecular flexibility index (Phi) is 4.99. The minimum absolute atomic E-state index is 0.0830. The molecule has 102 valence electrons. The van der Waals surface area contributed by atoms with Crippen molar-refractivity contribution in [1.29, 1.82) is 0 Å². The Bertz CT molecular complexity index is 544. The van der Waals surface area contributed by atoms with Crippen LogP contribution in [-0.4, -0.2) is 15.2 Å². The number of pyridine rings is 1. The highest BCUT2D eigenvalue weighted by atomic mass is 79.9. The van der Waals surface area contributed by atoms with Crippen LogP contribution in [0, 0.1) is 5.92 Å². The minimum atomic E-state index is 0.0830. The minimum Gasteiger partial charge on any atom is -0.424 e. The third-order valence-electron chi connectivity index (χ3n) is 2.43. The monoisotopic (exact) mass is 341 g/mol. The maximum absolute atomic E-state index is 5.68. The van der Waals surface area contributed by atoms with Crippen molar-refractivity contribution in [2.45, 2.75) is 37.5 Å². The Balaban J connectivity index is 2.06. The maximum atomic E-state index is 5.68. The Morgan fingerprint density at radius 1 is 1.32 bits per heavy atom. The van der Waals surface area contributed by atoms with Crippen molar-refractivity contribution < 1.29 is 4.42 Å². The fourth-order valence-electron chi connectivity index (χ4n) is 1.54. The second kappa shape index (κ2) is 6.52. The van der Waals surface area contributed by atoms with Gasteiger partial charge in [0, 0.05) is 17.1 Å². The molecule has 0 spiro atoms. The molecular formula is C13H16BrN3OS. The zero-order valence-corrected chi connectivity index (χ0v) is 13.5. The number of thioether (sulfide) groups is 1. The van der Waals surface area contributed by atoms with Crippen molar-refractivity contribution in [2.75, 3.05) is 0 Å². The molecule has 0 unspecified atom stereocenters. The van der Waals surface area contributed by atoms with Gasteiger partial charge >= 0.3 is 0 Å². The first-order valence-electron chi connectivity index (χ1n) is 6.15. The number of hydrogen-bond donors (Lipinski definition) is 0. The molecule has 0 saturated heterocycles. The molecule has 0 amide bonds. The van der Waals surface area contributed by atoms with Gasteiger partial charge in [0.25, 0.3) is 0 Å². The van der Waals surface area contributed by atoms with Gasteiger partial charge in [-0.05, 0) is 40.9 Å². The summed E-state index contributed by atoms with van der Waals surface area (Å²) in [5.74, 6) is 1.87. The van der Waals surface area contributed by atoms with Crippen LogP contribution in [0.2, 0.25) is 0 Å². The zero-order chi connectivity index (χ0) is 13.8. The largest absolute Gasteiger partial charge is 0.424 e. The number of aromatic nitrogens is 3. The van der Waals surface area contributed by atoms with Gasteiger partial charge in [-0.25, -0.2) is 4.98 Å². The summed E-state index contributed by atoms with van der Waals surface area (Å²) in [5, 5.41) is 9.21. The van der Waals surface area contributed by atoms with Crippen LogP contribution >= 0.6 is 27.7 Å². The maximum Gasteiger partial charge on any atom is 0.229 e. The Morgan fingerprint density at radius 2 is 2.11 bits per heavy atom. The highest BCUT2D eigenvalue weighted by Crippen LogP contribution is 2.36. The summed E-state index contributed by atoms with van der Waals surface area (Å²) >= 11 is 5.09. The van der Waals surface area contributed by atoms with Gasteiger partial charge in [-0.2, -0.15) is 0 Å². The summed E-state index contributed by atoms with van der Waals surface area (Å²) in [6.45, 7) is 6.30. The van der Waals surface area contributed by atoms with E-state index in [0.29, 0.717) is 17.7 Å². The van der Waals surface area contributed by atoms with Crippen LogP contribution < -0.4 is 0 Å². The molecule has 2 heterocycles. The average Bonchev–Trinajstić information content (AvgIpc) is 2.79. The predicted molar refractivity (Wildman–Crippen MR) is 79.0 cm³/mol. The molecule has 2 rings (SSSR count). The zero-order valence-electron chi connectivity index (χ0n) is 11.1. The standard InChI is InChI=1S/C13H16BrN3OS/c1-8(2)7-11-16-17-12(18-11)9(3)19-13-10(14)5-4-6-15-13/h4-6,8-9H,7H2,1-3H3/t9-/m0/s1. The van der Waals surface area contributed by atoms with Gasteiger partial charge in [0.1, 0.15) is 5.03 Å². The van der Waals surface area contributed by atoms with E-state index in [0.717, 1.165) is 15.9 Å². The smallest absolute Gasteiger partial charge is 0.229 e. The van der Waals surface area contributed by atoms with Crippen molar-refractivity contribution in [3.05, 3.63) is 34.6 Å². The van der Waals surface area contributed by atoms with E-state index >= 15 is 0 Å². The molecule has 2 aromatic rings. The molecule has 0 bridgehead atoms. The van der Waals surface area contributed by atoms with Crippen molar-refractivity contribution in [3.8, 4) is 0 Å². The van der Waals surface area contributed by atoms with E-state index in [1.54, 1.807) is 18.0 Å². The molecular weight excluding hydrogens is 326 g/mol. The highest BCUT2D eigenvalue weighted by molar-refractivity contribution is 9.10. The van der Waals surface area contributed by atoms with Gasteiger partial charge in [-0.15, -0.1) is 10.2 Å². The fourth-order valence-corrected chi connectivity index (χ4v) is 2.91. The summed E-state index contributed by atoms with van der Waals surface area (Å²) < 4.78 is 6.66. The first kappa shape index (κ1) is 14.5. The van der Waals surface area contributed by atoms with Crippen LogP contribution in [0.4, 0.5) is 0 Å². The summed E-state index contributed by atoms with van der Waals surface area (Å²) in [4.78, 5) is 4.33. The lowest BCUT2D eigenvalue weighted by Gasteiger charge is -2.07. The van der Waals surface area contributed by atoms with Gasteiger partial charge in [0.05, 0.1) is 5.25 Å². The Hall–Kier alpha value is -0.880. The van der Waals surface area contributed by atoms with E-state index in [4.69, 9.17) is 4.42 Å².